The standard InChI is InChI=1S/C18H22N4O2S.2ClH/c1-10-21-22-18(25-10)20-17(23)13-5-12(6-14(7-13)24-2)15-8-16(15)19-9-11-3-4-11;;/h5-7,11,15-16,19H,3-4,8-9H2,1-2H3,(H,20,22,23);2*1H. The fourth-order valence-electron chi connectivity index (χ4n) is 3.03. The molecule has 0 bridgehead atoms. The Morgan fingerprint density at radius 2 is 2.04 bits per heavy atom. The largest absolute Gasteiger partial charge is 0.497 e. The molecule has 27 heavy (non-hydrogen) atoms. The van der Waals surface area contributed by atoms with Gasteiger partial charge in [0.25, 0.3) is 5.91 Å². The highest BCUT2D eigenvalue weighted by atomic mass is 35.5. The van der Waals surface area contributed by atoms with Gasteiger partial charge in [-0.1, -0.05) is 11.3 Å². The Kier molecular flexibility index (Phi) is 7.45. The van der Waals surface area contributed by atoms with Crippen LogP contribution in [0.5, 0.6) is 5.75 Å². The lowest BCUT2D eigenvalue weighted by Gasteiger charge is -2.09. The number of nitrogens with one attached hydrogen (secondary N) is 2. The zero-order valence-corrected chi connectivity index (χ0v) is 17.7. The molecule has 1 aromatic heterocycles. The van der Waals surface area contributed by atoms with Gasteiger partial charge in [0.1, 0.15) is 10.8 Å². The number of hydrogen-bond donors (Lipinski definition) is 2. The molecule has 2 aromatic rings. The lowest BCUT2D eigenvalue weighted by atomic mass is 10.1. The first-order valence-corrected chi connectivity index (χ1v) is 9.48. The summed E-state index contributed by atoms with van der Waals surface area (Å²) in [6, 6.07) is 6.29. The fraction of sp³-hybridized carbons (Fsp3) is 0.500. The lowest BCUT2D eigenvalue weighted by Crippen LogP contribution is -2.20. The molecule has 2 atom stereocenters. The van der Waals surface area contributed by atoms with E-state index in [1.165, 1.54) is 24.2 Å². The maximum absolute atomic E-state index is 12.5. The van der Waals surface area contributed by atoms with E-state index < -0.39 is 0 Å². The summed E-state index contributed by atoms with van der Waals surface area (Å²) in [5.74, 6) is 1.87. The predicted molar refractivity (Wildman–Crippen MR) is 112 cm³/mol. The maximum atomic E-state index is 12.5. The summed E-state index contributed by atoms with van der Waals surface area (Å²) in [5, 5.41) is 15.7. The monoisotopic (exact) mass is 430 g/mol. The molecular weight excluding hydrogens is 407 g/mol. The molecule has 1 aromatic carbocycles. The van der Waals surface area contributed by atoms with Crippen LogP contribution in [0.4, 0.5) is 5.13 Å². The molecule has 148 valence electrons. The number of nitrogens with zero attached hydrogens (tertiary/aromatic N) is 2. The first kappa shape index (κ1) is 21.9. The number of carbonyl (C=O) groups is 1. The zero-order chi connectivity index (χ0) is 17.4. The quantitative estimate of drug-likeness (QED) is 0.698. The third-order valence-corrected chi connectivity index (χ3v) is 5.51. The van der Waals surface area contributed by atoms with Gasteiger partial charge in [-0.25, -0.2) is 0 Å². The number of benzene rings is 1. The lowest BCUT2D eigenvalue weighted by molar-refractivity contribution is 0.102. The van der Waals surface area contributed by atoms with Gasteiger partial charge in [0.2, 0.25) is 5.13 Å². The van der Waals surface area contributed by atoms with Gasteiger partial charge >= 0.3 is 0 Å². The molecule has 1 heterocycles. The molecule has 2 N–H and O–H groups in total. The number of ether oxygens (including phenoxy) is 1. The van der Waals surface area contributed by atoms with Crippen LogP contribution in [-0.4, -0.2) is 35.8 Å². The molecule has 9 heteroatoms. The Hall–Kier alpha value is -1.41. The summed E-state index contributed by atoms with van der Waals surface area (Å²) in [6.07, 6.45) is 3.84. The van der Waals surface area contributed by atoms with Crippen molar-refractivity contribution in [3.63, 3.8) is 0 Å². The SMILES string of the molecule is COc1cc(C(=O)Nc2nnc(C)s2)cc(C2CC2NCC2CC2)c1.Cl.Cl. The number of amides is 1. The highest BCUT2D eigenvalue weighted by molar-refractivity contribution is 7.15. The molecule has 0 radical (unpaired) electrons. The fourth-order valence-corrected chi connectivity index (χ4v) is 3.62. The van der Waals surface area contributed by atoms with Gasteiger partial charge < -0.3 is 10.1 Å². The minimum absolute atomic E-state index is 0. The van der Waals surface area contributed by atoms with Gasteiger partial charge in [-0.3, -0.25) is 10.1 Å². The van der Waals surface area contributed by atoms with E-state index in [2.05, 4.69) is 20.8 Å². The predicted octanol–water partition coefficient (Wildman–Crippen LogP) is 3.81. The van der Waals surface area contributed by atoms with Crippen LogP contribution >= 0.6 is 36.2 Å². The first-order valence-electron chi connectivity index (χ1n) is 8.66. The highest BCUT2D eigenvalue weighted by Gasteiger charge is 2.39. The van der Waals surface area contributed by atoms with E-state index in [-0.39, 0.29) is 30.7 Å². The van der Waals surface area contributed by atoms with Crippen molar-refractivity contribution >= 4 is 47.2 Å². The first-order chi connectivity index (χ1) is 12.1. The van der Waals surface area contributed by atoms with Crippen molar-refractivity contribution in [2.75, 3.05) is 19.0 Å². The molecule has 2 unspecified atom stereocenters. The molecular formula is C18H24Cl2N4O2S. The molecule has 2 saturated carbocycles. The van der Waals surface area contributed by atoms with E-state index in [1.54, 1.807) is 13.2 Å². The number of aryl methyl sites for hydroxylation is 1. The van der Waals surface area contributed by atoms with Crippen molar-refractivity contribution in [1.82, 2.24) is 15.5 Å². The van der Waals surface area contributed by atoms with E-state index in [0.29, 0.717) is 28.4 Å². The topological polar surface area (TPSA) is 76.1 Å². The number of aromatic nitrogens is 2. The maximum Gasteiger partial charge on any atom is 0.257 e. The molecule has 6 nitrogen and oxygen atoms in total. The molecule has 1 amide bonds. The van der Waals surface area contributed by atoms with Crippen molar-refractivity contribution in [2.45, 2.75) is 38.1 Å². The molecule has 0 spiro atoms. The van der Waals surface area contributed by atoms with E-state index >= 15 is 0 Å². The van der Waals surface area contributed by atoms with Crippen LogP contribution in [0.15, 0.2) is 18.2 Å². The summed E-state index contributed by atoms with van der Waals surface area (Å²) in [4.78, 5) is 12.5. The third-order valence-electron chi connectivity index (χ3n) is 4.76. The van der Waals surface area contributed by atoms with Crippen LogP contribution in [0.1, 0.15) is 46.1 Å². The van der Waals surface area contributed by atoms with E-state index in [0.717, 1.165) is 29.5 Å². The minimum atomic E-state index is -0.181. The van der Waals surface area contributed by atoms with Crippen LogP contribution in [0.3, 0.4) is 0 Å². The van der Waals surface area contributed by atoms with Crippen LogP contribution in [-0.2, 0) is 0 Å². The highest BCUT2D eigenvalue weighted by Crippen LogP contribution is 2.43. The number of carbonyl (C=O) groups excluding carboxylic acids is 1. The molecule has 2 aliphatic rings. The van der Waals surface area contributed by atoms with Crippen molar-refractivity contribution in [3.8, 4) is 5.75 Å². The van der Waals surface area contributed by atoms with Crippen molar-refractivity contribution in [3.05, 3.63) is 34.3 Å². The Morgan fingerprint density at radius 1 is 1.26 bits per heavy atom. The van der Waals surface area contributed by atoms with Crippen LogP contribution in [0, 0.1) is 12.8 Å². The van der Waals surface area contributed by atoms with Crippen LogP contribution in [0.25, 0.3) is 0 Å². The molecule has 2 fully saturated rings. The van der Waals surface area contributed by atoms with Gasteiger partial charge in [0.15, 0.2) is 0 Å². The van der Waals surface area contributed by atoms with Crippen LogP contribution in [0.2, 0.25) is 0 Å². The van der Waals surface area contributed by atoms with Gasteiger partial charge in [-0.05, 0) is 62.4 Å². The zero-order valence-electron chi connectivity index (χ0n) is 15.2. The third kappa shape index (κ3) is 5.54. The molecule has 2 aliphatic carbocycles. The summed E-state index contributed by atoms with van der Waals surface area (Å²) < 4.78 is 5.40. The number of methoxy groups -OCH3 is 1. The Labute approximate surface area is 175 Å². The van der Waals surface area contributed by atoms with Gasteiger partial charge in [0, 0.05) is 17.5 Å². The smallest absolute Gasteiger partial charge is 0.257 e. The average Bonchev–Trinajstić information content (AvgIpc) is 3.52. The summed E-state index contributed by atoms with van der Waals surface area (Å²) >= 11 is 1.36. The number of rotatable bonds is 7. The second-order valence-corrected chi connectivity index (χ2v) is 8.06. The number of anilines is 1. The van der Waals surface area contributed by atoms with Crippen LogP contribution < -0.4 is 15.4 Å². The van der Waals surface area contributed by atoms with Crippen molar-refractivity contribution in [2.24, 2.45) is 5.92 Å². The molecule has 0 saturated heterocycles. The Bertz CT molecular complexity index is 797. The normalized spacial score (nSPS) is 20.2. The number of halogens is 2. The second-order valence-electron chi connectivity index (χ2n) is 6.88. The Balaban J connectivity index is 0.00000131. The molecule has 0 aliphatic heterocycles. The van der Waals surface area contributed by atoms with Gasteiger partial charge in [0.05, 0.1) is 7.11 Å². The average molecular weight is 431 g/mol. The van der Waals surface area contributed by atoms with E-state index in [4.69, 9.17) is 4.74 Å². The van der Waals surface area contributed by atoms with E-state index in [1.807, 2.05) is 19.1 Å². The van der Waals surface area contributed by atoms with Gasteiger partial charge in [-0.15, -0.1) is 35.0 Å². The van der Waals surface area contributed by atoms with Crippen molar-refractivity contribution < 1.29 is 9.53 Å². The number of hydrogen-bond acceptors (Lipinski definition) is 6. The summed E-state index contributed by atoms with van der Waals surface area (Å²) in [6.45, 7) is 2.98. The molecule has 4 rings (SSSR count). The van der Waals surface area contributed by atoms with Gasteiger partial charge in [-0.2, -0.15) is 0 Å². The summed E-state index contributed by atoms with van der Waals surface area (Å²) in [7, 11) is 1.63. The Morgan fingerprint density at radius 3 is 2.67 bits per heavy atom. The minimum Gasteiger partial charge on any atom is -0.497 e. The summed E-state index contributed by atoms with van der Waals surface area (Å²) in [5.41, 5.74) is 1.75. The second kappa shape index (κ2) is 9.19. The van der Waals surface area contributed by atoms with E-state index in [9.17, 15) is 4.79 Å². The van der Waals surface area contributed by atoms with Crippen molar-refractivity contribution in [1.29, 1.82) is 0 Å².